The maximum atomic E-state index is 14.8. The van der Waals surface area contributed by atoms with E-state index in [-0.39, 0.29) is 29.5 Å². The van der Waals surface area contributed by atoms with Crippen LogP contribution in [0.1, 0.15) is 13.3 Å². The Morgan fingerprint density at radius 2 is 1.90 bits per heavy atom. The molecule has 1 aliphatic rings. The number of fused-ring (bicyclic) bond motifs is 1. The Bertz CT molecular complexity index is 1040. The van der Waals surface area contributed by atoms with Crippen LogP contribution in [0.15, 0.2) is 41.3 Å². The van der Waals surface area contributed by atoms with E-state index in [9.17, 15) is 17.6 Å². The van der Waals surface area contributed by atoms with Crippen molar-refractivity contribution in [1.82, 2.24) is 5.32 Å². The number of carbonyl (C=O) groups is 1. The zero-order valence-corrected chi connectivity index (χ0v) is 17.7. The van der Waals surface area contributed by atoms with E-state index in [1.165, 1.54) is 20.3 Å². The number of hydrogen-bond donors (Lipinski definition) is 1. The summed E-state index contributed by atoms with van der Waals surface area (Å²) in [6, 6.07) is 8.39. The van der Waals surface area contributed by atoms with Gasteiger partial charge in [-0.3, -0.25) is 9.10 Å². The van der Waals surface area contributed by atoms with Gasteiger partial charge in [0.25, 0.3) is 15.9 Å². The third kappa shape index (κ3) is 4.00. The molecule has 1 atom stereocenters. The summed E-state index contributed by atoms with van der Waals surface area (Å²) in [6.45, 7) is 2.02. The molecule has 0 aromatic heterocycles. The largest absolute Gasteiger partial charge is 0.493 e. The lowest BCUT2D eigenvalue weighted by atomic mass is 10.2. The number of para-hydroxylation sites is 2. The fourth-order valence-corrected chi connectivity index (χ4v) is 4.62. The Morgan fingerprint density at radius 3 is 2.57 bits per heavy atom. The van der Waals surface area contributed by atoms with Gasteiger partial charge in [-0.1, -0.05) is 19.1 Å². The normalized spacial score (nSPS) is 15.7. The molecule has 2 aromatic rings. The van der Waals surface area contributed by atoms with Gasteiger partial charge in [0.05, 0.1) is 26.5 Å². The van der Waals surface area contributed by atoms with Gasteiger partial charge in [-0.05, 0) is 18.6 Å². The number of carbonyl (C=O) groups excluding carboxylic acids is 1. The summed E-state index contributed by atoms with van der Waals surface area (Å²) in [5.74, 6) is -1.10. The number of halogens is 1. The molecular weight excluding hydrogens is 415 g/mol. The molecule has 0 saturated carbocycles. The highest BCUT2D eigenvalue weighted by molar-refractivity contribution is 7.92. The van der Waals surface area contributed by atoms with Crippen LogP contribution in [0.3, 0.4) is 0 Å². The minimum absolute atomic E-state index is 0.0631. The summed E-state index contributed by atoms with van der Waals surface area (Å²) in [5, 5.41) is 2.69. The summed E-state index contributed by atoms with van der Waals surface area (Å²) in [6.07, 6.45) is -0.363. The van der Waals surface area contributed by atoms with E-state index >= 15 is 0 Å². The first kappa shape index (κ1) is 21.7. The average molecular weight is 438 g/mol. The lowest BCUT2D eigenvalue weighted by Gasteiger charge is -2.34. The third-order valence-electron chi connectivity index (χ3n) is 4.58. The molecule has 3 rings (SSSR count). The number of benzene rings is 2. The monoisotopic (exact) mass is 438 g/mol. The summed E-state index contributed by atoms with van der Waals surface area (Å²) >= 11 is 0. The molecule has 162 valence electrons. The molecule has 0 spiro atoms. The van der Waals surface area contributed by atoms with Crippen molar-refractivity contribution in [3.8, 4) is 17.2 Å². The second-order valence-electron chi connectivity index (χ2n) is 6.54. The minimum atomic E-state index is -4.39. The number of methoxy groups -OCH3 is 2. The Labute approximate surface area is 174 Å². The van der Waals surface area contributed by atoms with Crippen molar-refractivity contribution in [1.29, 1.82) is 0 Å². The zero-order chi connectivity index (χ0) is 21.9. The Morgan fingerprint density at radius 1 is 1.23 bits per heavy atom. The van der Waals surface area contributed by atoms with Gasteiger partial charge in [0.2, 0.25) is 0 Å². The Kier molecular flexibility index (Phi) is 6.35. The maximum absolute atomic E-state index is 14.8. The van der Waals surface area contributed by atoms with Gasteiger partial charge in [-0.2, -0.15) is 0 Å². The highest BCUT2D eigenvalue weighted by atomic mass is 32.2. The van der Waals surface area contributed by atoms with Crippen LogP contribution in [-0.4, -0.2) is 47.7 Å². The highest BCUT2D eigenvalue weighted by Crippen LogP contribution is 2.39. The molecule has 1 heterocycles. The quantitative estimate of drug-likeness (QED) is 0.713. The number of rotatable bonds is 7. The van der Waals surface area contributed by atoms with Crippen LogP contribution >= 0.6 is 0 Å². The van der Waals surface area contributed by atoms with Crippen molar-refractivity contribution >= 4 is 21.6 Å². The molecule has 0 saturated heterocycles. The lowest BCUT2D eigenvalue weighted by Crippen LogP contribution is -2.50. The number of amides is 1. The first-order valence-electron chi connectivity index (χ1n) is 9.31. The molecule has 10 heteroatoms. The van der Waals surface area contributed by atoms with Crippen LogP contribution in [0.5, 0.6) is 17.2 Å². The number of nitrogens with zero attached hydrogens (tertiary/aromatic N) is 1. The fraction of sp³-hybridized carbons (Fsp3) is 0.350. The number of anilines is 1. The van der Waals surface area contributed by atoms with Crippen molar-refractivity contribution in [2.45, 2.75) is 24.3 Å². The van der Waals surface area contributed by atoms with Crippen molar-refractivity contribution in [2.75, 3.05) is 31.6 Å². The molecule has 1 aliphatic heterocycles. The van der Waals surface area contributed by atoms with Gasteiger partial charge in [0, 0.05) is 18.7 Å². The predicted molar refractivity (Wildman–Crippen MR) is 108 cm³/mol. The third-order valence-corrected chi connectivity index (χ3v) is 6.38. The van der Waals surface area contributed by atoms with Crippen molar-refractivity contribution in [2.24, 2.45) is 0 Å². The van der Waals surface area contributed by atoms with Crippen molar-refractivity contribution in [3.05, 3.63) is 42.2 Å². The number of sulfonamides is 1. The smallest absolute Gasteiger partial charge is 0.267 e. The Balaban J connectivity index is 2.07. The van der Waals surface area contributed by atoms with Gasteiger partial charge in [0.15, 0.2) is 17.6 Å². The first-order valence-corrected chi connectivity index (χ1v) is 10.7. The molecule has 0 bridgehead atoms. The standard InChI is InChI=1S/C20H23FN2O6S/c1-4-9-22-20(24)18-12-23(14-7-5-6-8-15(14)29-18)30(25,26)19-11-17(28-3)16(27-2)10-13(19)21/h5-8,10-11,18H,4,9,12H2,1-3H3,(H,22,24). The van der Waals surface area contributed by atoms with E-state index in [4.69, 9.17) is 14.2 Å². The molecule has 2 aromatic carbocycles. The number of nitrogens with one attached hydrogen (secondary N) is 1. The van der Waals surface area contributed by atoms with E-state index in [1.54, 1.807) is 18.2 Å². The van der Waals surface area contributed by atoms with Crippen LogP contribution in [-0.2, 0) is 14.8 Å². The molecule has 8 nitrogen and oxygen atoms in total. The second kappa shape index (κ2) is 8.78. The van der Waals surface area contributed by atoms with E-state index < -0.39 is 32.7 Å². The number of ether oxygens (including phenoxy) is 3. The Hall–Kier alpha value is -3.01. The fourth-order valence-electron chi connectivity index (χ4n) is 3.08. The summed E-state index contributed by atoms with van der Waals surface area (Å²) in [4.78, 5) is 11.9. The minimum Gasteiger partial charge on any atom is -0.493 e. The van der Waals surface area contributed by atoms with Crippen LogP contribution in [0.25, 0.3) is 0 Å². The van der Waals surface area contributed by atoms with E-state index in [0.29, 0.717) is 13.0 Å². The molecule has 0 radical (unpaired) electrons. The molecule has 1 amide bonds. The topological polar surface area (TPSA) is 94.2 Å². The molecular formula is C20H23FN2O6S. The first-order chi connectivity index (χ1) is 14.3. The highest BCUT2D eigenvalue weighted by Gasteiger charge is 2.39. The summed E-state index contributed by atoms with van der Waals surface area (Å²) < 4.78 is 58.4. The van der Waals surface area contributed by atoms with Gasteiger partial charge < -0.3 is 19.5 Å². The van der Waals surface area contributed by atoms with Gasteiger partial charge in [-0.25, -0.2) is 12.8 Å². The summed E-state index contributed by atoms with van der Waals surface area (Å²) in [7, 11) is -1.74. The zero-order valence-electron chi connectivity index (χ0n) is 16.8. The molecule has 1 N–H and O–H groups in total. The van der Waals surface area contributed by atoms with Crippen LogP contribution < -0.4 is 23.8 Å². The SMILES string of the molecule is CCCNC(=O)C1CN(S(=O)(=O)c2cc(OC)c(OC)cc2F)c2ccccc2O1. The summed E-state index contributed by atoms with van der Waals surface area (Å²) in [5.41, 5.74) is 0.214. The predicted octanol–water partition coefficient (Wildman–Crippen LogP) is 2.33. The number of hydrogen-bond acceptors (Lipinski definition) is 6. The second-order valence-corrected chi connectivity index (χ2v) is 8.37. The molecule has 30 heavy (non-hydrogen) atoms. The average Bonchev–Trinajstić information content (AvgIpc) is 2.76. The van der Waals surface area contributed by atoms with Gasteiger partial charge in [-0.15, -0.1) is 0 Å². The van der Waals surface area contributed by atoms with Crippen molar-refractivity contribution in [3.63, 3.8) is 0 Å². The van der Waals surface area contributed by atoms with E-state index in [1.807, 2.05) is 6.92 Å². The van der Waals surface area contributed by atoms with Gasteiger partial charge in [0.1, 0.15) is 16.5 Å². The van der Waals surface area contributed by atoms with Crippen LogP contribution in [0.2, 0.25) is 0 Å². The molecule has 1 unspecified atom stereocenters. The van der Waals surface area contributed by atoms with Gasteiger partial charge >= 0.3 is 0 Å². The van der Waals surface area contributed by atoms with E-state index in [2.05, 4.69) is 5.32 Å². The van der Waals surface area contributed by atoms with Crippen molar-refractivity contribution < 1.29 is 31.8 Å². The lowest BCUT2D eigenvalue weighted by molar-refractivity contribution is -0.127. The molecule has 0 fully saturated rings. The van der Waals surface area contributed by atoms with Crippen LogP contribution in [0.4, 0.5) is 10.1 Å². The van der Waals surface area contributed by atoms with Crippen LogP contribution in [0, 0.1) is 5.82 Å². The van der Waals surface area contributed by atoms with E-state index in [0.717, 1.165) is 16.4 Å². The maximum Gasteiger partial charge on any atom is 0.267 e. The molecule has 0 aliphatic carbocycles.